The zero-order valence-electron chi connectivity index (χ0n) is 13.5. The normalized spacial score (nSPS) is 15.2. The molecule has 1 N–H and O–H groups in total. The number of rotatable bonds is 6. The van der Waals surface area contributed by atoms with E-state index in [2.05, 4.69) is 5.32 Å². The van der Waals surface area contributed by atoms with Crippen LogP contribution in [0.5, 0.6) is 0 Å². The smallest absolute Gasteiger partial charge is 0.414 e. The Hall–Kier alpha value is -2.76. The fourth-order valence-corrected chi connectivity index (χ4v) is 2.61. The highest BCUT2D eigenvalue weighted by atomic mass is 16.6. The van der Waals surface area contributed by atoms with Crippen LogP contribution in [-0.2, 0) is 11.2 Å². The summed E-state index contributed by atoms with van der Waals surface area (Å²) < 4.78 is 10.2. The SMILES string of the molecule is CC(CCc1ccco1)NC(=O)c1ccc(N2CCOC2=O)cc1. The number of cyclic esters (lactones) is 1. The molecule has 126 valence electrons. The summed E-state index contributed by atoms with van der Waals surface area (Å²) in [6, 6.07) is 10.8. The number of nitrogens with zero attached hydrogens (tertiary/aromatic N) is 1. The molecule has 2 aromatic rings. The Morgan fingerprint density at radius 1 is 1.29 bits per heavy atom. The van der Waals surface area contributed by atoms with Crippen LogP contribution in [0.2, 0.25) is 0 Å². The zero-order valence-corrected chi connectivity index (χ0v) is 13.5. The van der Waals surface area contributed by atoms with Gasteiger partial charge < -0.3 is 14.5 Å². The summed E-state index contributed by atoms with van der Waals surface area (Å²) in [7, 11) is 0. The van der Waals surface area contributed by atoms with Gasteiger partial charge >= 0.3 is 6.09 Å². The Kier molecular flexibility index (Phi) is 4.84. The van der Waals surface area contributed by atoms with Gasteiger partial charge in [-0.3, -0.25) is 9.69 Å². The molecule has 1 aliphatic rings. The van der Waals surface area contributed by atoms with E-state index < -0.39 is 0 Å². The molecule has 0 bridgehead atoms. The highest BCUT2D eigenvalue weighted by Crippen LogP contribution is 2.19. The maximum absolute atomic E-state index is 12.3. The molecule has 1 aliphatic heterocycles. The second-order valence-electron chi connectivity index (χ2n) is 5.81. The number of aryl methyl sites for hydroxylation is 1. The topological polar surface area (TPSA) is 71.8 Å². The molecule has 6 nitrogen and oxygen atoms in total. The maximum Gasteiger partial charge on any atom is 0.414 e. The Balaban J connectivity index is 1.53. The van der Waals surface area contributed by atoms with Crippen LogP contribution < -0.4 is 10.2 Å². The largest absolute Gasteiger partial charge is 0.469 e. The van der Waals surface area contributed by atoms with Crippen LogP contribution in [0.4, 0.5) is 10.5 Å². The first-order valence-corrected chi connectivity index (χ1v) is 8.01. The molecule has 1 atom stereocenters. The number of anilines is 1. The van der Waals surface area contributed by atoms with Crippen molar-refractivity contribution in [2.45, 2.75) is 25.8 Å². The first-order chi connectivity index (χ1) is 11.6. The van der Waals surface area contributed by atoms with Crippen LogP contribution in [0.1, 0.15) is 29.5 Å². The Morgan fingerprint density at radius 2 is 2.08 bits per heavy atom. The molecule has 1 fully saturated rings. The van der Waals surface area contributed by atoms with E-state index >= 15 is 0 Å². The highest BCUT2D eigenvalue weighted by molar-refractivity contribution is 5.95. The Morgan fingerprint density at radius 3 is 2.71 bits per heavy atom. The Bertz CT molecular complexity index is 694. The molecule has 1 unspecified atom stereocenters. The minimum absolute atomic E-state index is 0.0378. The summed E-state index contributed by atoms with van der Waals surface area (Å²) in [5.74, 6) is 0.787. The minimum Gasteiger partial charge on any atom is -0.469 e. The van der Waals surface area contributed by atoms with E-state index in [1.165, 1.54) is 0 Å². The molecule has 0 radical (unpaired) electrons. The number of benzene rings is 1. The van der Waals surface area contributed by atoms with Crippen molar-refractivity contribution in [3.05, 3.63) is 54.0 Å². The number of nitrogens with one attached hydrogen (secondary N) is 1. The lowest BCUT2D eigenvalue weighted by Crippen LogP contribution is -2.33. The summed E-state index contributed by atoms with van der Waals surface area (Å²) in [5.41, 5.74) is 1.30. The number of carbonyl (C=O) groups is 2. The van der Waals surface area contributed by atoms with Gasteiger partial charge in [0.25, 0.3) is 5.91 Å². The van der Waals surface area contributed by atoms with Crippen LogP contribution in [0.3, 0.4) is 0 Å². The number of hydrogen-bond acceptors (Lipinski definition) is 4. The lowest BCUT2D eigenvalue weighted by atomic mass is 10.1. The second kappa shape index (κ2) is 7.21. The number of ether oxygens (including phenoxy) is 1. The van der Waals surface area contributed by atoms with E-state index in [4.69, 9.17) is 9.15 Å². The van der Waals surface area contributed by atoms with E-state index in [-0.39, 0.29) is 18.0 Å². The third-order valence-electron chi connectivity index (χ3n) is 3.98. The Labute approximate surface area is 140 Å². The molecule has 1 aromatic heterocycles. The van der Waals surface area contributed by atoms with E-state index in [0.29, 0.717) is 18.7 Å². The molecular formula is C18H20N2O4. The fraction of sp³-hybridized carbons (Fsp3) is 0.333. The number of hydrogen-bond donors (Lipinski definition) is 1. The predicted molar refractivity (Wildman–Crippen MR) is 89.1 cm³/mol. The molecule has 1 aromatic carbocycles. The standard InChI is InChI=1S/C18H20N2O4/c1-13(4-9-16-3-2-11-23-16)19-17(21)14-5-7-15(8-6-14)20-10-12-24-18(20)22/h2-3,5-8,11,13H,4,9-10,12H2,1H3,(H,19,21). The van der Waals surface area contributed by atoms with Gasteiger partial charge in [-0.15, -0.1) is 0 Å². The lowest BCUT2D eigenvalue weighted by molar-refractivity contribution is 0.0938. The van der Waals surface area contributed by atoms with Crippen LogP contribution in [0.25, 0.3) is 0 Å². The van der Waals surface area contributed by atoms with Gasteiger partial charge in [-0.1, -0.05) is 0 Å². The fourth-order valence-electron chi connectivity index (χ4n) is 2.61. The molecule has 0 spiro atoms. The molecule has 2 amide bonds. The van der Waals surface area contributed by atoms with Crippen molar-refractivity contribution in [1.82, 2.24) is 5.32 Å². The summed E-state index contributed by atoms with van der Waals surface area (Å²) >= 11 is 0. The monoisotopic (exact) mass is 328 g/mol. The number of furan rings is 1. The summed E-state index contributed by atoms with van der Waals surface area (Å²) in [6.45, 7) is 2.90. The van der Waals surface area contributed by atoms with Crippen LogP contribution >= 0.6 is 0 Å². The molecule has 0 saturated carbocycles. The van der Waals surface area contributed by atoms with Crippen molar-refractivity contribution >= 4 is 17.7 Å². The van der Waals surface area contributed by atoms with E-state index in [0.717, 1.165) is 24.3 Å². The van der Waals surface area contributed by atoms with Gasteiger partial charge in [0.2, 0.25) is 0 Å². The van der Waals surface area contributed by atoms with Crippen molar-refractivity contribution < 1.29 is 18.7 Å². The molecule has 0 aliphatic carbocycles. The van der Waals surface area contributed by atoms with E-state index in [1.54, 1.807) is 35.4 Å². The summed E-state index contributed by atoms with van der Waals surface area (Å²) in [6.07, 6.45) is 2.89. The second-order valence-corrected chi connectivity index (χ2v) is 5.81. The maximum atomic E-state index is 12.3. The van der Waals surface area contributed by atoms with E-state index in [9.17, 15) is 9.59 Å². The van der Waals surface area contributed by atoms with Gasteiger partial charge in [0.15, 0.2) is 0 Å². The first kappa shape index (κ1) is 16.1. The van der Waals surface area contributed by atoms with Crippen LogP contribution in [-0.4, -0.2) is 31.2 Å². The van der Waals surface area contributed by atoms with Gasteiger partial charge in [0.05, 0.1) is 12.8 Å². The van der Waals surface area contributed by atoms with Gasteiger partial charge in [-0.2, -0.15) is 0 Å². The van der Waals surface area contributed by atoms with Crippen molar-refractivity contribution in [2.75, 3.05) is 18.1 Å². The molecule has 3 rings (SSSR count). The quantitative estimate of drug-likeness (QED) is 0.885. The number of amides is 2. The first-order valence-electron chi connectivity index (χ1n) is 8.01. The van der Waals surface area contributed by atoms with Crippen molar-refractivity contribution in [1.29, 1.82) is 0 Å². The molecule has 2 heterocycles. The predicted octanol–water partition coefficient (Wildman–Crippen LogP) is 2.99. The van der Waals surface area contributed by atoms with Crippen molar-refractivity contribution in [3.63, 3.8) is 0 Å². The molecule has 6 heteroatoms. The molecule has 1 saturated heterocycles. The van der Waals surface area contributed by atoms with E-state index in [1.807, 2.05) is 19.1 Å². The number of carbonyl (C=O) groups excluding carboxylic acids is 2. The highest BCUT2D eigenvalue weighted by Gasteiger charge is 2.23. The lowest BCUT2D eigenvalue weighted by Gasteiger charge is -2.15. The van der Waals surface area contributed by atoms with Gasteiger partial charge in [0.1, 0.15) is 12.4 Å². The van der Waals surface area contributed by atoms with Crippen molar-refractivity contribution in [2.24, 2.45) is 0 Å². The summed E-state index contributed by atoms with van der Waals surface area (Å²) in [4.78, 5) is 25.3. The van der Waals surface area contributed by atoms with Crippen molar-refractivity contribution in [3.8, 4) is 0 Å². The van der Waals surface area contributed by atoms with Gasteiger partial charge in [0, 0.05) is 23.7 Å². The third-order valence-corrected chi connectivity index (χ3v) is 3.98. The third kappa shape index (κ3) is 3.76. The van der Waals surface area contributed by atoms with Gasteiger partial charge in [-0.05, 0) is 49.7 Å². The van der Waals surface area contributed by atoms with Gasteiger partial charge in [-0.25, -0.2) is 4.79 Å². The van der Waals surface area contributed by atoms with Crippen LogP contribution in [0, 0.1) is 0 Å². The van der Waals surface area contributed by atoms with Crippen LogP contribution in [0.15, 0.2) is 47.1 Å². The zero-order chi connectivity index (χ0) is 16.9. The molecule has 24 heavy (non-hydrogen) atoms. The molecular weight excluding hydrogens is 308 g/mol. The average molecular weight is 328 g/mol. The average Bonchev–Trinajstić information content (AvgIpc) is 3.24. The minimum atomic E-state index is -0.348. The summed E-state index contributed by atoms with van der Waals surface area (Å²) in [5, 5.41) is 2.97.